The number of benzene rings is 1. The first-order chi connectivity index (χ1) is 9.97. The maximum Gasteiger partial charge on any atom is 0.170 e. The van der Waals surface area contributed by atoms with Gasteiger partial charge in [0.15, 0.2) is 5.78 Å². The second-order valence-electron chi connectivity index (χ2n) is 4.61. The first kappa shape index (κ1) is 16.0. The third-order valence-electron chi connectivity index (χ3n) is 3.25. The molecular weight excluding hydrogens is 356 g/mol. The van der Waals surface area contributed by atoms with Gasteiger partial charge in [0.05, 0.1) is 29.9 Å². The highest BCUT2D eigenvalue weighted by Crippen LogP contribution is 2.26. The van der Waals surface area contributed by atoms with Crippen molar-refractivity contribution in [2.24, 2.45) is 0 Å². The Hall–Kier alpha value is -1.33. The number of methoxy groups -OCH3 is 1. The van der Waals surface area contributed by atoms with Crippen molar-refractivity contribution in [2.45, 2.75) is 26.8 Å². The van der Waals surface area contributed by atoms with E-state index in [1.54, 1.807) is 30.0 Å². The lowest BCUT2D eigenvalue weighted by Crippen LogP contribution is -2.10. The van der Waals surface area contributed by atoms with Gasteiger partial charge in [-0.2, -0.15) is 5.10 Å². The van der Waals surface area contributed by atoms with Crippen molar-refractivity contribution in [1.82, 2.24) is 9.78 Å². The predicted octanol–water partition coefficient (Wildman–Crippen LogP) is 4.06. The number of Topliss-reactive ketones (excluding diaryl/α,β-unsaturated/α-hetero) is 1. The molecule has 0 spiro atoms. The average Bonchev–Trinajstić information content (AvgIpc) is 2.75. The third-order valence-corrected chi connectivity index (χ3v) is 4.44. The molecule has 2 rings (SSSR count). The first-order valence-corrected chi connectivity index (χ1v) is 7.73. The van der Waals surface area contributed by atoms with Crippen molar-refractivity contribution in [3.63, 3.8) is 0 Å². The SMILES string of the molecule is CCn1nc(C)c(Cl)c1CC(=O)c1cc(OC)ccc1Br. The van der Waals surface area contributed by atoms with E-state index in [9.17, 15) is 4.79 Å². The Morgan fingerprint density at radius 3 is 2.81 bits per heavy atom. The molecule has 4 nitrogen and oxygen atoms in total. The van der Waals surface area contributed by atoms with Gasteiger partial charge in [0.1, 0.15) is 5.75 Å². The number of nitrogens with zero attached hydrogens (tertiary/aromatic N) is 2. The van der Waals surface area contributed by atoms with E-state index in [1.165, 1.54) is 0 Å². The molecule has 0 fully saturated rings. The summed E-state index contributed by atoms with van der Waals surface area (Å²) in [5, 5.41) is 4.89. The normalized spacial score (nSPS) is 10.7. The van der Waals surface area contributed by atoms with Crippen LogP contribution in [-0.2, 0) is 13.0 Å². The Morgan fingerprint density at radius 2 is 2.19 bits per heavy atom. The number of aromatic nitrogens is 2. The van der Waals surface area contributed by atoms with Crippen LogP contribution in [-0.4, -0.2) is 22.7 Å². The zero-order valence-corrected chi connectivity index (χ0v) is 14.5. The summed E-state index contributed by atoms with van der Waals surface area (Å²) in [5.74, 6) is 0.616. The molecule has 0 aliphatic rings. The largest absolute Gasteiger partial charge is 0.497 e. The maximum absolute atomic E-state index is 12.5. The van der Waals surface area contributed by atoms with Crippen molar-refractivity contribution in [2.75, 3.05) is 7.11 Å². The van der Waals surface area contributed by atoms with Crippen LogP contribution >= 0.6 is 27.5 Å². The van der Waals surface area contributed by atoms with Crippen LogP contribution in [0.5, 0.6) is 5.75 Å². The molecule has 0 saturated carbocycles. The highest BCUT2D eigenvalue weighted by Gasteiger charge is 2.19. The van der Waals surface area contributed by atoms with Crippen molar-refractivity contribution in [1.29, 1.82) is 0 Å². The molecular formula is C15H16BrClN2O2. The molecule has 0 aliphatic carbocycles. The lowest BCUT2D eigenvalue weighted by atomic mass is 10.1. The zero-order chi connectivity index (χ0) is 15.6. The van der Waals surface area contributed by atoms with Crippen LogP contribution < -0.4 is 4.74 Å². The van der Waals surface area contributed by atoms with Crippen LogP contribution in [0.25, 0.3) is 0 Å². The van der Waals surface area contributed by atoms with Gasteiger partial charge in [-0.25, -0.2) is 0 Å². The number of rotatable bonds is 5. The van der Waals surface area contributed by atoms with Crippen LogP contribution in [0, 0.1) is 6.92 Å². The Labute approximate surface area is 137 Å². The monoisotopic (exact) mass is 370 g/mol. The second kappa shape index (κ2) is 6.62. The van der Waals surface area contributed by atoms with Gasteiger partial charge in [0.25, 0.3) is 0 Å². The fraction of sp³-hybridized carbons (Fsp3) is 0.333. The number of halogens is 2. The lowest BCUT2D eigenvalue weighted by molar-refractivity contribution is 0.0989. The topological polar surface area (TPSA) is 44.1 Å². The molecule has 1 aromatic carbocycles. The van der Waals surface area contributed by atoms with Gasteiger partial charge in [0.2, 0.25) is 0 Å². The lowest BCUT2D eigenvalue weighted by Gasteiger charge is -2.08. The van der Waals surface area contributed by atoms with E-state index in [0.29, 0.717) is 22.9 Å². The number of ketones is 1. The molecule has 6 heteroatoms. The standard InChI is InChI=1S/C15H16BrClN2O2/c1-4-19-13(15(17)9(2)18-19)8-14(20)11-7-10(21-3)5-6-12(11)16/h5-7H,4,8H2,1-3H3. The van der Waals surface area contributed by atoms with Crippen LogP contribution in [0.15, 0.2) is 22.7 Å². The average molecular weight is 372 g/mol. The van der Waals surface area contributed by atoms with Crippen molar-refractivity contribution >= 4 is 33.3 Å². The number of ether oxygens (including phenoxy) is 1. The Bertz CT molecular complexity index is 683. The quantitative estimate of drug-likeness (QED) is 0.744. The van der Waals surface area contributed by atoms with E-state index in [0.717, 1.165) is 15.9 Å². The van der Waals surface area contributed by atoms with Gasteiger partial charge < -0.3 is 4.74 Å². The summed E-state index contributed by atoms with van der Waals surface area (Å²) in [5.41, 5.74) is 2.06. The Morgan fingerprint density at radius 1 is 1.48 bits per heavy atom. The molecule has 0 bridgehead atoms. The molecule has 21 heavy (non-hydrogen) atoms. The van der Waals surface area contributed by atoms with Gasteiger partial charge in [-0.3, -0.25) is 9.48 Å². The fourth-order valence-electron chi connectivity index (χ4n) is 2.13. The molecule has 0 unspecified atom stereocenters. The molecule has 0 radical (unpaired) electrons. The molecule has 0 amide bonds. The molecule has 112 valence electrons. The van der Waals surface area contributed by atoms with E-state index in [1.807, 2.05) is 13.8 Å². The van der Waals surface area contributed by atoms with Crippen molar-refractivity contribution in [3.8, 4) is 5.75 Å². The van der Waals surface area contributed by atoms with Crippen LogP contribution in [0.2, 0.25) is 5.02 Å². The van der Waals surface area contributed by atoms with Crippen LogP contribution in [0.3, 0.4) is 0 Å². The summed E-state index contributed by atoms with van der Waals surface area (Å²) in [6.07, 6.45) is 0.208. The van der Waals surface area contributed by atoms with E-state index in [-0.39, 0.29) is 12.2 Å². The van der Waals surface area contributed by atoms with Crippen LogP contribution in [0.4, 0.5) is 0 Å². The van der Waals surface area contributed by atoms with Crippen molar-refractivity contribution < 1.29 is 9.53 Å². The number of carbonyl (C=O) groups excluding carboxylic acids is 1. The van der Waals surface area contributed by atoms with E-state index >= 15 is 0 Å². The summed E-state index contributed by atoms with van der Waals surface area (Å²) in [7, 11) is 1.57. The summed E-state index contributed by atoms with van der Waals surface area (Å²) in [6.45, 7) is 4.48. The summed E-state index contributed by atoms with van der Waals surface area (Å²) < 4.78 is 7.67. The minimum absolute atomic E-state index is 0.0303. The number of aryl methyl sites for hydroxylation is 2. The number of hydrogen-bond donors (Lipinski definition) is 0. The molecule has 1 aromatic heterocycles. The van der Waals surface area contributed by atoms with Gasteiger partial charge >= 0.3 is 0 Å². The van der Waals surface area contributed by atoms with E-state index in [2.05, 4.69) is 21.0 Å². The van der Waals surface area contributed by atoms with Gasteiger partial charge in [-0.1, -0.05) is 27.5 Å². The Balaban J connectivity index is 2.34. The summed E-state index contributed by atoms with van der Waals surface area (Å²) >= 11 is 9.65. The summed E-state index contributed by atoms with van der Waals surface area (Å²) in [6, 6.07) is 5.32. The van der Waals surface area contributed by atoms with Gasteiger partial charge in [-0.15, -0.1) is 0 Å². The fourth-order valence-corrected chi connectivity index (χ4v) is 2.80. The smallest absolute Gasteiger partial charge is 0.170 e. The highest BCUT2D eigenvalue weighted by molar-refractivity contribution is 9.10. The number of hydrogen-bond acceptors (Lipinski definition) is 3. The first-order valence-electron chi connectivity index (χ1n) is 6.56. The highest BCUT2D eigenvalue weighted by atomic mass is 79.9. The van der Waals surface area contributed by atoms with Crippen molar-refractivity contribution in [3.05, 3.63) is 44.6 Å². The second-order valence-corrected chi connectivity index (χ2v) is 5.84. The van der Waals surface area contributed by atoms with E-state index in [4.69, 9.17) is 16.3 Å². The Kier molecular flexibility index (Phi) is 5.06. The van der Waals surface area contributed by atoms with Crippen LogP contribution in [0.1, 0.15) is 28.7 Å². The maximum atomic E-state index is 12.5. The molecule has 0 aliphatic heterocycles. The zero-order valence-electron chi connectivity index (χ0n) is 12.1. The number of carbonyl (C=O) groups is 1. The minimum Gasteiger partial charge on any atom is -0.497 e. The predicted molar refractivity (Wildman–Crippen MR) is 86.4 cm³/mol. The third kappa shape index (κ3) is 3.30. The molecule has 0 N–H and O–H groups in total. The minimum atomic E-state index is -0.0303. The van der Waals surface area contributed by atoms with E-state index < -0.39 is 0 Å². The molecule has 2 aromatic rings. The van der Waals surface area contributed by atoms with Gasteiger partial charge in [-0.05, 0) is 32.0 Å². The van der Waals surface area contributed by atoms with Gasteiger partial charge in [0, 0.05) is 16.6 Å². The molecule has 0 atom stereocenters. The molecule has 0 saturated heterocycles. The summed E-state index contributed by atoms with van der Waals surface area (Å²) in [4.78, 5) is 12.5. The molecule has 1 heterocycles.